The Bertz CT molecular complexity index is 643. The monoisotopic (exact) mass is 332 g/mol. The van der Waals surface area contributed by atoms with Gasteiger partial charge in [-0.2, -0.15) is 0 Å². The summed E-state index contributed by atoms with van der Waals surface area (Å²) < 4.78 is 0.533. The molecule has 0 amide bonds. The fourth-order valence-electron chi connectivity index (χ4n) is 2.50. The van der Waals surface area contributed by atoms with Gasteiger partial charge in [-0.1, -0.05) is 24.3 Å². The van der Waals surface area contributed by atoms with Gasteiger partial charge in [0, 0.05) is 0 Å². The number of hydrogen-bond donors (Lipinski definition) is 2. The third kappa shape index (κ3) is 2.55. The van der Waals surface area contributed by atoms with E-state index in [1.165, 1.54) is 24.0 Å². The van der Waals surface area contributed by atoms with E-state index < -0.39 is 0 Å². The summed E-state index contributed by atoms with van der Waals surface area (Å²) in [7, 11) is 0. The first kappa shape index (κ1) is 13.5. The van der Waals surface area contributed by atoms with Crippen LogP contribution in [0.15, 0.2) is 34.8 Å². The summed E-state index contributed by atoms with van der Waals surface area (Å²) in [6.07, 6.45) is 3.39. The van der Waals surface area contributed by atoms with Crippen molar-refractivity contribution in [3.63, 3.8) is 0 Å². The fourth-order valence-corrected chi connectivity index (χ4v) is 2.96. The maximum atomic E-state index is 9.89. The number of phenolic OH excluding ortho intramolecular Hbond substituents is 2. The van der Waals surface area contributed by atoms with E-state index in [1.54, 1.807) is 0 Å². The highest BCUT2D eigenvalue weighted by Crippen LogP contribution is 2.41. The van der Waals surface area contributed by atoms with E-state index >= 15 is 0 Å². The molecule has 1 saturated carbocycles. The normalized spacial score (nSPS) is 14.5. The molecule has 1 aliphatic rings. The number of phenols is 2. The molecule has 0 radical (unpaired) electrons. The topological polar surface area (TPSA) is 40.5 Å². The minimum Gasteiger partial charge on any atom is -0.504 e. The number of benzene rings is 2. The van der Waals surface area contributed by atoms with Crippen LogP contribution in [0.1, 0.15) is 41.0 Å². The maximum absolute atomic E-state index is 9.89. The van der Waals surface area contributed by atoms with Crippen LogP contribution in [0.4, 0.5) is 0 Å². The molecule has 3 heteroatoms. The molecule has 0 aliphatic heterocycles. The van der Waals surface area contributed by atoms with Crippen LogP contribution < -0.4 is 0 Å². The average molecular weight is 333 g/mol. The molecule has 104 valence electrons. The lowest BCUT2D eigenvalue weighted by atomic mass is 9.98. The van der Waals surface area contributed by atoms with Gasteiger partial charge in [0.25, 0.3) is 0 Å². The highest BCUT2D eigenvalue weighted by atomic mass is 79.9. The molecule has 2 N–H and O–H groups in total. The van der Waals surface area contributed by atoms with Crippen molar-refractivity contribution >= 4 is 15.9 Å². The predicted molar refractivity (Wildman–Crippen MR) is 83.4 cm³/mol. The Balaban J connectivity index is 1.87. The van der Waals surface area contributed by atoms with Gasteiger partial charge in [0.2, 0.25) is 0 Å². The minimum atomic E-state index is -0.0877. The Morgan fingerprint density at radius 1 is 1.10 bits per heavy atom. The van der Waals surface area contributed by atoms with Crippen LogP contribution in [0.25, 0.3) is 0 Å². The molecule has 2 aromatic carbocycles. The smallest absolute Gasteiger partial charge is 0.172 e. The zero-order valence-corrected chi connectivity index (χ0v) is 12.9. The summed E-state index contributed by atoms with van der Waals surface area (Å²) in [5.74, 6) is 0.650. The molecular weight excluding hydrogens is 316 g/mol. The van der Waals surface area contributed by atoms with Crippen LogP contribution in [0.3, 0.4) is 0 Å². The van der Waals surface area contributed by atoms with E-state index in [-0.39, 0.29) is 11.5 Å². The predicted octanol–water partition coefficient (Wildman–Crippen LogP) is 4.64. The molecule has 0 unspecified atom stereocenters. The summed E-state index contributed by atoms with van der Waals surface area (Å²) in [6.45, 7) is 1.83. The molecule has 0 aromatic heterocycles. The van der Waals surface area contributed by atoms with Crippen LogP contribution in [-0.2, 0) is 6.42 Å². The summed E-state index contributed by atoms with van der Waals surface area (Å²) >= 11 is 3.27. The molecule has 20 heavy (non-hydrogen) atoms. The Kier molecular flexibility index (Phi) is 3.47. The average Bonchev–Trinajstić information content (AvgIpc) is 3.28. The van der Waals surface area contributed by atoms with E-state index in [9.17, 15) is 10.2 Å². The minimum absolute atomic E-state index is 0.0380. The summed E-state index contributed by atoms with van der Waals surface area (Å²) in [6, 6.07) is 10.6. The quantitative estimate of drug-likeness (QED) is 0.804. The van der Waals surface area contributed by atoms with Crippen LogP contribution >= 0.6 is 15.9 Å². The van der Waals surface area contributed by atoms with Gasteiger partial charge in [-0.05, 0) is 76.4 Å². The molecular formula is C17H17BrO2. The van der Waals surface area contributed by atoms with E-state index in [0.717, 1.165) is 23.5 Å². The Morgan fingerprint density at radius 3 is 2.35 bits per heavy atom. The van der Waals surface area contributed by atoms with Crippen molar-refractivity contribution in [2.24, 2.45) is 0 Å². The zero-order valence-electron chi connectivity index (χ0n) is 11.4. The lowest BCUT2D eigenvalue weighted by Crippen LogP contribution is -1.94. The summed E-state index contributed by atoms with van der Waals surface area (Å²) in [4.78, 5) is 0. The molecule has 2 aromatic rings. The molecule has 2 nitrogen and oxygen atoms in total. The fraction of sp³-hybridized carbons (Fsp3) is 0.294. The Labute approximate surface area is 127 Å². The first-order valence-corrected chi connectivity index (χ1v) is 7.64. The molecule has 3 rings (SSSR count). The standard InChI is InChI=1S/C17H17BrO2/c1-10-14(9-15(18)17(20)16(10)19)8-11-2-4-12(5-3-11)13-6-7-13/h2-5,9,13,19-20H,6-8H2,1H3. The third-order valence-corrected chi connectivity index (χ3v) is 4.62. The van der Waals surface area contributed by atoms with Gasteiger partial charge in [0.15, 0.2) is 11.5 Å². The summed E-state index contributed by atoms with van der Waals surface area (Å²) in [5, 5.41) is 19.6. The number of hydrogen-bond acceptors (Lipinski definition) is 2. The van der Waals surface area contributed by atoms with Gasteiger partial charge in [0.05, 0.1) is 4.47 Å². The molecule has 0 bridgehead atoms. The van der Waals surface area contributed by atoms with Gasteiger partial charge < -0.3 is 10.2 Å². The molecule has 0 saturated heterocycles. The second-order valence-corrected chi connectivity index (χ2v) is 6.39. The highest BCUT2D eigenvalue weighted by molar-refractivity contribution is 9.10. The van der Waals surface area contributed by atoms with Crippen molar-refractivity contribution < 1.29 is 10.2 Å². The Hall–Kier alpha value is -1.48. The lowest BCUT2D eigenvalue weighted by Gasteiger charge is -2.11. The number of rotatable bonds is 3. The van der Waals surface area contributed by atoms with Crippen molar-refractivity contribution in [2.75, 3.05) is 0 Å². The molecule has 0 atom stereocenters. The van der Waals surface area contributed by atoms with Gasteiger partial charge in [-0.25, -0.2) is 0 Å². The van der Waals surface area contributed by atoms with Gasteiger partial charge in [-0.15, -0.1) is 0 Å². The van der Waals surface area contributed by atoms with Crippen molar-refractivity contribution in [3.8, 4) is 11.5 Å². The van der Waals surface area contributed by atoms with Crippen LogP contribution in [0, 0.1) is 6.92 Å². The van der Waals surface area contributed by atoms with Crippen LogP contribution in [0.2, 0.25) is 0 Å². The van der Waals surface area contributed by atoms with Gasteiger partial charge >= 0.3 is 0 Å². The number of halogens is 1. The summed E-state index contributed by atoms with van der Waals surface area (Å²) in [5.41, 5.74) is 4.40. The van der Waals surface area contributed by atoms with E-state index in [1.807, 2.05) is 13.0 Å². The SMILES string of the molecule is Cc1c(Cc2ccc(C3CC3)cc2)cc(Br)c(O)c1O. The Morgan fingerprint density at radius 2 is 1.75 bits per heavy atom. The first-order chi connectivity index (χ1) is 9.56. The van der Waals surface area contributed by atoms with E-state index in [2.05, 4.69) is 40.2 Å². The maximum Gasteiger partial charge on any atom is 0.172 e. The van der Waals surface area contributed by atoms with E-state index in [4.69, 9.17) is 0 Å². The third-order valence-electron chi connectivity index (χ3n) is 4.01. The van der Waals surface area contributed by atoms with Crippen molar-refractivity contribution in [1.82, 2.24) is 0 Å². The molecule has 0 heterocycles. The second-order valence-electron chi connectivity index (χ2n) is 5.53. The van der Waals surface area contributed by atoms with Crippen LogP contribution in [0.5, 0.6) is 11.5 Å². The lowest BCUT2D eigenvalue weighted by molar-refractivity contribution is 0.398. The molecule has 1 fully saturated rings. The van der Waals surface area contributed by atoms with E-state index in [0.29, 0.717) is 4.47 Å². The van der Waals surface area contributed by atoms with Crippen LogP contribution in [-0.4, -0.2) is 10.2 Å². The van der Waals surface area contributed by atoms with Gasteiger partial charge in [-0.3, -0.25) is 0 Å². The second kappa shape index (κ2) is 5.13. The van der Waals surface area contributed by atoms with Crippen molar-refractivity contribution in [2.45, 2.75) is 32.1 Å². The van der Waals surface area contributed by atoms with Gasteiger partial charge in [0.1, 0.15) is 0 Å². The van der Waals surface area contributed by atoms with Crippen molar-refractivity contribution in [3.05, 3.63) is 57.1 Å². The number of aromatic hydroxyl groups is 2. The van der Waals surface area contributed by atoms with Crippen molar-refractivity contribution in [1.29, 1.82) is 0 Å². The first-order valence-electron chi connectivity index (χ1n) is 6.85. The largest absolute Gasteiger partial charge is 0.504 e. The zero-order chi connectivity index (χ0) is 14.3. The highest BCUT2D eigenvalue weighted by Gasteiger charge is 2.23. The molecule has 0 spiro atoms. The molecule has 1 aliphatic carbocycles.